The number of unbranched alkanes of at least 4 members (excludes halogenated alkanes) is 2. The molecule has 1 heterocycles. The summed E-state index contributed by atoms with van der Waals surface area (Å²) in [7, 11) is 1.50. The molecule has 1 aliphatic rings. The zero-order chi connectivity index (χ0) is 38.0. The fourth-order valence-corrected chi connectivity index (χ4v) is 5.66. The topological polar surface area (TPSA) is 166 Å². The van der Waals surface area contributed by atoms with Gasteiger partial charge in [0.2, 0.25) is 11.8 Å². The maximum absolute atomic E-state index is 13.8. The lowest BCUT2D eigenvalue weighted by molar-refractivity contribution is -0.137. The van der Waals surface area contributed by atoms with Gasteiger partial charge in [0.15, 0.2) is 5.75 Å². The number of urea groups is 1. The number of halogens is 3. The molecule has 15 heteroatoms. The van der Waals surface area contributed by atoms with Crippen LogP contribution in [0.2, 0.25) is 0 Å². The second kappa shape index (κ2) is 17.8. The number of fused-ring (bicyclic) bond motifs is 1. The Hall–Kier alpha value is -5.31. The zero-order valence-electron chi connectivity index (χ0n) is 29.3. The highest BCUT2D eigenvalue weighted by atomic mass is 19.4. The summed E-state index contributed by atoms with van der Waals surface area (Å²) >= 11 is 0. The van der Waals surface area contributed by atoms with Gasteiger partial charge in [0.05, 0.1) is 47.4 Å². The van der Waals surface area contributed by atoms with Crippen LogP contribution in [0.1, 0.15) is 61.9 Å². The van der Waals surface area contributed by atoms with Crippen molar-refractivity contribution in [3.8, 4) is 5.75 Å². The van der Waals surface area contributed by atoms with Crippen LogP contribution in [0.15, 0.2) is 66.7 Å². The van der Waals surface area contributed by atoms with Crippen LogP contribution in [0.5, 0.6) is 5.75 Å². The average Bonchev–Trinajstić information content (AvgIpc) is 3.10. The van der Waals surface area contributed by atoms with Gasteiger partial charge in [-0.1, -0.05) is 31.5 Å². The van der Waals surface area contributed by atoms with E-state index in [9.17, 15) is 37.5 Å². The first-order valence-electron chi connectivity index (χ1n) is 17.0. The molecule has 0 unspecified atom stereocenters. The van der Waals surface area contributed by atoms with Crippen LogP contribution in [-0.2, 0) is 15.8 Å². The van der Waals surface area contributed by atoms with Crippen molar-refractivity contribution >= 4 is 46.5 Å². The molecule has 5 amide bonds. The van der Waals surface area contributed by atoms with Gasteiger partial charge in [0.1, 0.15) is 6.10 Å². The first-order chi connectivity index (χ1) is 24.7. The molecular formula is C37H45F3N6O6. The highest BCUT2D eigenvalue weighted by molar-refractivity contribution is 6.01. The summed E-state index contributed by atoms with van der Waals surface area (Å²) in [6.45, 7) is 3.44. The quantitative estimate of drug-likeness (QED) is 0.103. The number of nitrogens with zero attached hydrogens (tertiary/aromatic N) is 2. The van der Waals surface area contributed by atoms with Gasteiger partial charge in [0.25, 0.3) is 5.91 Å². The summed E-state index contributed by atoms with van der Waals surface area (Å²) in [5.74, 6) is -1.16. The third kappa shape index (κ3) is 10.6. The lowest BCUT2D eigenvalue weighted by Gasteiger charge is -2.38. The van der Waals surface area contributed by atoms with Crippen LogP contribution in [0.4, 0.5) is 40.7 Å². The number of nitrogen functional groups attached to an aromatic ring is 1. The van der Waals surface area contributed by atoms with E-state index in [1.807, 2.05) is 6.92 Å². The van der Waals surface area contributed by atoms with E-state index in [0.717, 1.165) is 24.3 Å². The average molecular weight is 727 g/mol. The van der Waals surface area contributed by atoms with E-state index in [4.69, 9.17) is 10.5 Å². The van der Waals surface area contributed by atoms with Gasteiger partial charge in [-0.25, -0.2) is 4.79 Å². The lowest BCUT2D eigenvalue weighted by Crippen LogP contribution is -2.50. The molecule has 0 fully saturated rings. The molecule has 0 saturated carbocycles. The van der Waals surface area contributed by atoms with Crippen LogP contribution in [0, 0.1) is 5.92 Å². The molecule has 1 aliphatic heterocycles. The summed E-state index contributed by atoms with van der Waals surface area (Å²) in [6, 6.07) is 14.7. The lowest BCUT2D eigenvalue weighted by atomic mass is 9.99. The number of para-hydroxylation sites is 3. The molecule has 3 atom stereocenters. The van der Waals surface area contributed by atoms with Gasteiger partial charge in [-0.15, -0.1) is 0 Å². The fourth-order valence-electron chi connectivity index (χ4n) is 5.66. The number of aliphatic hydroxyl groups is 1. The van der Waals surface area contributed by atoms with Gasteiger partial charge in [-0.3, -0.25) is 14.4 Å². The number of hydrogen-bond acceptors (Lipinski definition) is 7. The highest BCUT2D eigenvalue weighted by Gasteiger charge is 2.35. The molecule has 3 aromatic carbocycles. The van der Waals surface area contributed by atoms with Crippen molar-refractivity contribution in [2.45, 2.75) is 64.3 Å². The minimum absolute atomic E-state index is 0.00926. The Bertz CT molecular complexity index is 1720. The second-order valence-corrected chi connectivity index (χ2v) is 12.9. The maximum atomic E-state index is 13.8. The number of amides is 5. The summed E-state index contributed by atoms with van der Waals surface area (Å²) in [5, 5.41) is 18.2. The number of hydrogen-bond donors (Lipinski definition) is 5. The number of alkyl halides is 3. The van der Waals surface area contributed by atoms with Crippen molar-refractivity contribution < 1.29 is 42.2 Å². The normalized spacial score (nSPS) is 16.4. The Morgan fingerprint density at radius 2 is 1.56 bits per heavy atom. The Labute approximate surface area is 300 Å². The number of anilines is 4. The zero-order valence-corrected chi connectivity index (χ0v) is 29.3. The molecule has 6 N–H and O–H groups in total. The van der Waals surface area contributed by atoms with Crippen molar-refractivity contribution in [1.82, 2.24) is 9.80 Å². The van der Waals surface area contributed by atoms with Crippen LogP contribution in [-0.4, -0.2) is 77.5 Å². The second-order valence-electron chi connectivity index (χ2n) is 12.9. The summed E-state index contributed by atoms with van der Waals surface area (Å²) in [5.41, 5.74) is 6.63. The predicted molar refractivity (Wildman–Crippen MR) is 192 cm³/mol. The Morgan fingerprint density at radius 1 is 0.942 bits per heavy atom. The number of carbonyl (C=O) groups excluding carboxylic acids is 4. The van der Waals surface area contributed by atoms with Crippen molar-refractivity contribution in [2.24, 2.45) is 5.92 Å². The number of nitrogens with one attached hydrogen (secondary N) is 3. The van der Waals surface area contributed by atoms with E-state index in [1.165, 1.54) is 16.8 Å². The molecule has 52 heavy (non-hydrogen) atoms. The van der Waals surface area contributed by atoms with E-state index < -0.39 is 35.8 Å². The van der Waals surface area contributed by atoms with Gasteiger partial charge in [-0.05, 0) is 68.3 Å². The molecule has 0 aliphatic carbocycles. The van der Waals surface area contributed by atoms with E-state index in [1.54, 1.807) is 49.4 Å². The summed E-state index contributed by atoms with van der Waals surface area (Å²) in [6.07, 6.45) is -3.14. The van der Waals surface area contributed by atoms with Crippen molar-refractivity contribution in [3.63, 3.8) is 0 Å². The Morgan fingerprint density at radius 3 is 2.17 bits per heavy atom. The molecule has 280 valence electrons. The molecule has 0 saturated heterocycles. The van der Waals surface area contributed by atoms with Crippen LogP contribution < -0.4 is 26.4 Å². The molecule has 3 aromatic rings. The molecule has 0 radical (unpaired) electrons. The van der Waals surface area contributed by atoms with Crippen LogP contribution >= 0.6 is 0 Å². The van der Waals surface area contributed by atoms with E-state index in [-0.39, 0.29) is 73.0 Å². The number of aliphatic hydroxyl groups excluding tert-OH is 1. The monoisotopic (exact) mass is 726 g/mol. The first kappa shape index (κ1) is 39.5. The molecule has 0 spiro atoms. The standard InChI is InChI=1S/C37H45F3N6O6/c1-23-20-46(24(2)22-47)35(50)27-10-9-13-30(44-33(49)15-6-4-5-14-32(48)43-29-12-8-7-11-28(29)41)34(27)52-31(23)21-45(3)36(51)42-26-18-16-25(17-19-26)37(38,39)40/h7-13,16-19,23-24,31,47H,4-6,14-15,20-22,41H2,1-3H3,(H,42,51)(H,43,48)(H,44,49)/t23-,24+,31-/m1/s1. The summed E-state index contributed by atoms with van der Waals surface area (Å²) < 4.78 is 45.4. The van der Waals surface area contributed by atoms with Crippen molar-refractivity contribution in [1.29, 1.82) is 0 Å². The third-order valence-corrected chi connectivity index (χ3v) is 8.77. The minimum Gasteiger partial charge on any atom is -0.485 e. The number of rotatable bonds is 13. The Balaban J connectivity index is 1.42. The van der Waals surface area contributed by atoms with Crippen molar-refractivity contribution in [2.75, 3.05) is 48.4 Å². The fraction of sp³-hybridized carbons (Fsp3) is 0.405. The van der Waals surface area contributed by atoms with Gasteiger partial charge < -0.3 is 41.3 Å². The van der Waals surface area contributed by atoms with E-state index >= 15 is 0 Å². The third-order valence-electron chi connectivity index (χ3n) is 8.77. The van der Waals surface area contributed by atoms with Crippen molar-refractivity contribution in [3.05, 3.63) is 77.9 Å². The van der Waals surface area contributed by atoms with Crippen LogP contribution in [0.25, 0.3) is 0 Å². The van der Waals surface area contributed by atoms with Crippen LogP contribution in [0.3, 0.4) is 0 Å². The Kier molecular flexibility index (Phi) is 13.5. The number of nitrogens with two attached hydrogens (primary N) is 1. The highest BCUT2D eigenvalue weighted by Crippen LogP contribution is 2.35. The van der Waals surface area contributed by atoms with Gasteiger partial charge in [-0.2, -0.15) is 13.2 Å². The van der Waals surface area contributed by atoms with Gasteiger partial charge >= 0.3 is 12.2 Å². The largest absolute Gasteiger partial charge is 0.485 e. The predicted octanol–water partition coefficient (Wildman–Crippen LogP) is 6.20. The van der Waals surface area contributed by atoms with E-state index in [2.05, 4.69) is 16.0 Å². The number of likely N-dealkylation sites (N-methyl/N-ethyl adjacent to an activating group) is 1. The van der Waals surface area contributed by atoms with E-state index in [0.29, 0.717) is 30.6 Å². The number of carbonyl (C=O) groups is 4. The molecular weight excluding hydrogens is 681 g/mol. The van der Waals surface area contributed by atoms with Gasteiger partial charge in [0, 0.05) is 38.0 Å². The molecule has 12 nitrogen and oxygen atoms in total. The molecule has 4 rings (SSSR count). The first-order valence-corrected chi connectivity index (χ1v) is 17.0. The number of benzene rings is 3. The minimum atomic E-state index is -4.51. The smallest absolute Gasteiger partial charge is 0.416 e. The molecule has 0 aromatic heterocycles. The maximum Gasteiger partial charge on any atom is 0.416 e. The SMILES string of the molecule is C[C@@H]1CN([C@@H](C)CO)C(=O)c2cccc(NC(=O)CCCCCC(=O)Nc3ccccc3N)c2O[C@@H]1CN(C)C(=O)Nc1ccc(C(F)(F)F)cc1. The molecule has 0 bridgehead atoms. The summed E-state index contributed by atoms with van der Waals surface area (Å²) in [4.78, 5) is 55.1. The number of ether oxygens (including phenoxy) is 1.